The number of hydrogen-bond donors (Lipinski definition) is 8. The number of hydrazine groups is 2. The molecule has 0 unspecified atom stereocenters. The smallest absolute Gasteiger partial charge is 0.360 e. The first-order valence-electron chi connectivity index (χ1n) is 7.36. The van der Waals surface area contributed by atoms with Crippen LogP contribution in [0.4, 0.5) is 0 Å². The topological polar surface area (TPSA) is 377 Å². The summed E-state index contributed by atoms with van der Waals surface area (Å²) in [6.07, 6.45) is 0. The van der Waals surface area contributed by atoms with Gasteiger partial charge < -0.3 is 14.9 Å². The quantitative estimate of drug-likeness (QED) is 0.0633. The number of hydrazone groups is 2. The van der Waals surface area contributed by atoms with Crippen LogP contribution in [-0.2, 0) is 0 Å². The van der Waals surface area contributed by atoms with Crippen LogP contribution in [0.25, 0.3) is 23.0 Å². The number of rotatable bonds is 4. The van der Waals surface area contributed by atoms with E-state index < -0.39 is 0 Å². The normalized spacial score (nSPS) is 9.42. The Morgan fingerprint density at radius 2 is 1.10 bits per heavy atom. The van der Waals surface area contributed by atoms with E-state index in [-0.39, 0.29) is 46.7 Å². The molecule has 14 N–H and O–H groups in total. The van der Waals surface area contributed by atoms with Crippen molar-refractivity contribution in [1.29, 1.82) is 0 Å². The molecule has 0 aliphatic heterocycles. The van der Waals surface area contributed by atoms with E-state index in [4.69, 9.17) is 27.7 Å². The molecule has 0 saturated carbocycles. The molecule has 164 valence electrons. The van der Waals surface area contributed by atoms with Gasteiger partial charge in [0.2, 0.25) is 0 Å². The van der Waals surface area contributed by atoms with Gasteiger partial charge in [-0.15, -0.1) is 0 Å². The average Bonchev–Trinajstić information content (AvgIpc) is 3.56. The van der Waals surface area contributed by atoms with Gasteiger partial charge in [0.1, 0.15) is 0 Å². The Kier molecular flexibility index (Phi) is 7.43. The molecule has 4 heterocycles. The van der Waals surface area contributed by atoms with Crippen molar-refractivity contribution in [3.8, 4) is 34.8 Å². The first-order valence-corrected chi connectivity index (χ1v) is 7.36. The van der Waals surface area contributed by atoms with Gasteiger partial charge in [0.25, 0.3) is 11.8 Å². The maximum Gasteiger partial charge on any atom is 0.360 e. The molecule has 0 aliphatic rings. The molecular formula is C8H14N20O3. The highest BCUT2D eigenvalue weighted by atomic mass is 16.6. The minimum atomic E-state index is -0.0887. The maximum absolute atomic E-state index is 5.36. The number of hydrogen-bond acceptors (Lipinski definition) is 15. The zero-order valence-electron chi connectivity index (χ0n) is 15.1. The molecule has 0 amide bonds. The van der Waals surface area contributed by atoms with E-state index in [0.29, 0.717) is 0 Å². The molecule has 0 fully saturated rings. The molecule has 0 bridgehead atoms. The van der Waals surface area contributed by atoms with E-state index in [9.17, 15) is 0 Å². The Morgan fingerprint density at radius 3 is 1.39 bits per heavy atom. The summed E-state index contributed by atoms with van der Waals surface area (Å²) in [4.78, 5) is 0. The largest absolute Gasteiger partial charge is 0.410 e. The van der Waals surface area contributed by atoms with Gasteiger partial charge in [-0.1, -0.05) is 0 Å². The van der Waals surface area contributed by atoms with E-state index in [1.807, 2.05) is 10.2 Å². The Bertz CT molecular complexity index is 981. The number of tetrazole rings is 2. The van der Waals surface area contributed by atoms with Crippen molar-refractivity contribution in [3.63, 3.8) is 0 Å². The summed E-state index contributed by atoms with van der Waals surface area (Å²) >= 11 is 0. The molecule has 4 aromatic rings. The summed E-state index contributed by atoms with van der Waals surface area (Å²) in [5.74, 6) is 9.29. The van der Waals surface area contributed by atoms with E-state index >= 15 is 0 Å². The highest BCUT2D eigenvalue weighted by Crippen LogP contribution is 2.30. The molecule has 0 radical (unpaired) electrons. The second-order valence-electron chi connectivity index (χ2n) is 4.54. The number of nitrogens with zero attached hydrogens (tertiary/aromatic N) is 12. The summed E-state index contributed by atoms with van der Waals surface area (Å²) in [6, 6.07) is 0. The molecule has 0 aromatic carbocycles. The van der Waals surface area contributed by atoms with E-state index in [1.165, 1.54) is 0 Å². The van der Waals surface area contributed by atoms with Crippen LogP contribution in [0, 0.1) is 0 Å². The number of nitrogens with two attached hydrogens (primary N) is 6. The summed E-state index contributed by atoms with van der Waals surface area (Å²) in [6.45, 7) is 0. The van der Waals surface area contributed by atoms with Crippen molar-refractivity contribution in [1.82, 2.24) is 61.9 Å². The fraction of sp³-hybridized carbons (Fsp3) is 0. The molecule has 23 heteroatoms. The van der Waals surface area contributed by atoms with Crippen molar-refractivity contribution < 1.29 is 24.2 Å². The van der Waals surface area contributed by atoms with Crippen LogP contribution in [0.2, 0.25) is 0 Å². The minimum Gasteiger partial charge on any atom is -0.410 e. The molecular weight excluding hydrogens is 424 g/mol. The van der Waals surface area contributed by atoms with Gasteiger partial charge >= 0.3 is 11.9 Å². The van der Waals surface area contributed by atoms with Gasteiger partial charge in [-0.25, -0.2) is 9.26 Å². The molecule has 23 nitrogen and oxygen atoms in total. The Morgan fingerprint density at radius 1 is 0.710 bits per heavy atom. The summed E-state index contributed by atoms with van der Waals surface area (Å²) < 4.78 is 14.5. The first-order chi connectivity index (χ1) is 15.0. The Hall–Kier alpha value is -5.64. The third-order valence-corrected chi connectivity index (χ3v) is 2.50. The van der Waals surface area contributed by atoms with Crippen molar-refractivity contribution in [2.45, 2.75) is 0 Å². The highest BCUT2D eigenvalue weighted by molar-refractivity contribution is 5.69. The summed E-state index contributed by atoms with van der Waals surface area (Å²) in [7, 11) is 0. The molecule has 4 rings (SSSR count). The van der Waals surface area contributed by atoms with Gasteiger partial charge in [0, 0.05) is 0 Å². The predicted octanol–water partition coefficient (Wildman–Crippen LogP) is -9.71. The fourth-order valence-electron chi connectivity index (χ4n) is 1.34. The SMILES string of the molecule is N[NH+]=C(N)N.N[NH+]=C(N)N.n1n[n-]c(-c2nonc2Oc2nonc2-c2nnn[n-]2)n1. The standard InChI is InChI=1S/C6N12O3.2CH6N4/c7-3(8-16-15-7)1-5(13-20-11-1)19-6-2(12-21-14-6)4-9-17-18-10-4;2*2-1(3)5-4/h;2*4H2,(H4,2,3,5)/q-2;;/p+2. The van der Waals surface area contributed by atoms with Crippen molar-refractivity contribution >= 4 is 11.9 Å². The predicted molar refractivity (Wildman–Crippen MR) is 90.0 cm³/mol. The molecule has 0 saturated heterocycles. The zero-order chi connectivity index (χ0) is 22.6. The lowest BCUT2D eigenvalue weighted by molar-refractivity contribution is -0.471. The Labute approximate surface area is 168 Å². The molecule has 31 heavy (non-hydrogen) atoms. The molecule has 0 spiro atoms. The van der Waals surface area contributed by atoms with Crippen molar-refractivity contribution in [2.75, 3.05) is 0 Å². The average molecular weight is 438 g/mol. The van der Waals surface area contributed by atoms with Crippen LogP contribution in [0.5, 0.6) is 11.8 Å². The lowest BCUT2D eigenvalue weighted by Gasteiger charge is -2.00. The lowest BCUT2D eigenvalue weighted by atomic mass is 10.4. The van der Waals surface area contributed by atoms with Crippen LogP contribution < -0.4 is 59.8 Å². The Balaban J connectivity index is 0.000000289. The van der Waals surface area contributed by atoms with E-state index in [2.05, 4.69) is 82.8 Å². The van der Waals surface area contributed by atoms with Gasteiger partial charge in [-0.2, -0.15) is 20.6 Å². The van der Waals surface area contributed by atoms with Gasteiger partial charge in [-0.05, 0) is 20.6 Å². The van der Waals surface area contributed by atoms with Crippen LogP contribution >= 0.6 is 0 Å². The number of guanidine groups is 2. The number of ether oxygens (including phenoxy) is 1. The zero-order valence-corrected chi connectivity index (χ0v) is 15.1. The highest BCUT2D eigenvalue weighted by Gasteiger charge is 2.20. The maximum atomic E-state index is 5.36. The second kappa shape index (κ2) is 10.6. The second-order valence-corrected chi connectivity index (χ2v) is 4.54. The summed E-state index contributed by atoms with van der Waals surface area (Å²) in [5, 5.41) is 45.9. The monoisotopic (exact) mass is 438 g/mol. The lowest BCUT2D eigenvalue weighted by Crippen LogP contribution is -2.84. The fourth-order valence-corrected chi connectivity index (χ4v) is 1.34. The minimum absolute atomic E-state index is 0.0324. The van der Waals surface area contributed by atoms with E-state index in [1.54, 1.807) is 0 Å². The van der Waals surface area contributed by atoms with Crippen molar-refractivity contribution in [2.24, 2.45) is 34.6 Å². The van der Waals surface area contributed by atoms with Crippen molar-refractivity contribution in [3.05, 3.63) is 0 Å². The number of nitrogens with one attached hydrogen (secondary N) is 2. The molecule has 4 aromatic heterocycles. The van der Waals surface area contributed by atoms with Gasteiger partial charge in [-0.3, -0.25) is 55.2 Å². The molecule has 0 atom stereocenters. The van der Waals surface area contributed by atoms with Crippen LogP contribution in [0.1, 0.15) is 0 Å². The van der Waals surface area contributed by atoms with Gasteiger partial charge in [0.05, 0.1) is 11.6 Å². The van der Waals surface area contributed by atoms with Crippen LogP contribution in [-0.4, -0.2) is 63.6 Å². The molecule has 0 aliphatic carbocycles. The number of aromatic nitrogens is 12. The third-order valence-electron chi connectivity index (χ3n) is 2.50. The van der Waals surface area contributed by atoms with Gasteiger partial charge in [0.15, 0.2) is 11.4 Å². The van der Waals surface area contributed by atoms with Crippen LogP contribution in [0.15, 0.2) is 9.26 Å². The first kappa shape index (κ1) is 21.7. The summed E-state index contributed by atoms with van der Waals surface area (Å²) in [5.41, 5.74) is 19.2. The van der Waals surface area contributed by atoms with E-state index in [0.717, 1.165) is 0 Å². The van der Waals surface area contributed by atoms with Crippen LogP contribution in [0.3, 0.4) is 0 Å². The third kappa shape index (κ3) is 6.19.